The van der Waals surface area contributed by atoms with Crippen molar-refractivity contribution in [3.8, 4) is 17.7 Å². The molecule has 2 N–H and O–H groups in total. The molecule has 4 aromatic rings. The topological polar surface area (TPSA) is 91.6 Å². The molecule has 0 amide bonds. The van der Waals surface area contributed by atoms with Gasteiger partial charge in [-0.3, -0.25) is 9.36 Å². The largest absolute Gasteiger partial charge is 0.368 e. The molecule has 7 heteroatoms. The number of benzene rings is 1. The Balaban J connectivity index is 1.52. The molecule has 0 aliphatic heterocycles. The van der Waals surface area contributed by atoms with Crippen molar-refractivity contribution in [2.45, 2.75) is 18.8 Å². The first-order valence-electron chi connectivity index (χ1n) is 10.0. The highest BCUT2D eigenvalue weighted by atomic mass is 16.1. The summed E-state index contributed by atoms with van der Waals surface area (Å²) in [6, 6.07) is 13.8. The molecule has 0 saturated heterocycles. The van der Waals surface area contributed by atoms with E-state index in [-0.39, 0.29) is 17.4 Å². The number of nitrogen functional groups attached to an aromatic ring is 1. The van der Waals surface area contributed by atoms with Crippen molar-refractivity contribution in [3.05, 3.63) is 99.4 Å². The SMILES string of the molecule is Cn1c(-n2cc3c(n2)C(c2ccccc2)CC3)cc(C#Cc2cnc(N)nc2)cc1=O. The smallest absolute Gasteiger partial charge is 0.253 e. The molecule has 0 bridgehead atoms. The number of aryl methyl sites for hydroxylation is 1. The molecule has 152 valence electrons. The minimum Gasteiger partial charge on any atom is -0.368 e. The van der Waals surface area contributed by atoms with Crippen molar-refractivity contribution in [2.75, 3.05) is 5.73 Å². The van der Waals surface area contributed by atoms with E-state index in [9.17, 15) is 4.79 Å². The van der Waals surface area contributed by atoms with Gasteiger partial charge in [-0.05, 0) is 30.0 Å². The van der Waals surface area contributed by atoms with Crippen LogP contribution in [-0.4, -0.2) is 24.3 Å². The molecule has 1 aliphatic rings. The molecular weight excluding hydrogens is 388 g/mol. The van der Waals surface area contributed by atoms with Crippen molar-refractivity contribution in [1.29, 1.82) is 0 Å². The second kappa shape index (κ2) is 7.58. The summed E-state index contributed by atoms with van der Waals surface area (Å²) in [5.74, 6) is 7.14. The van der Waals surface area contributed by atoms with Crippen LogP contribution in [-0.2, 0) is 13.5 Å². The summed E-state index contributed by atoms with van der Waals surface area (Å²) >= 11 is 0. The number of rotatable bonds is 2. The van der Waals surface area contributed by atoms with Crippen molar-refractivity contribution < 1.29 is 0 Å². The summed E-state index contributed by atoms with van der Waals surface area (Å²) in [7, 11) is 1.74. The Hall–Kier alpha value is -4.18. The van der Waals surface area contributed by atoms with E-state index in [2.05, 4.69) is 46.1 Å². The monoisotopic (exact) mass is 408 g/mol. The van der Waals surface area contributed by atoms with Crippen LogP contribution in [0, 0.1) is 11.8 Å². The molecule has 0 fully saturated rings. The van der Waals surface area contributed by atoms with Crippen LogP contribution in [0.4, 0.5) is 5.95 Å². The Kier molecular flexibility index (Phi) is 4.60. The molecule has 5 rings (SSSR count). The third-order valence-corrected chi connectivity index (χ3v) is 5.55. The van der Waals surface area contributed by atoms with Crippen LogP contribution in [0.1, 0.15) is 40.3 Å². The van der Waals surface area contributed by atoms with Crippen molar-refractivity contribution in [2.24, 2.45) is 7.05 Å². The highest BCUT2D eigenvalue weighted by Gasteiger charge is 2.28. The van der Waals surface area contributed by atoms with Gasteiger partial charge in [-0.25, -0.2) is 14.6 Å². The molecule has 3 heterocycles. The fraction of sp³-hybridized carbons (Fsp3) is 0.167. The van der Waals surface area contributed by atoms with Crippen LogP contribution >= 0.6 is 0 Å². The first-order valence-corrected chi connectivity index (χ1v) is 10.0. The normalized spacial score (nSPS) is 14.7. The third-order valence-electron chi connectivity index (χ3n) is 5.55. The quantitative estimate of drug-likeness (QED) is 0.515. The van der Waals surface area contributed by atoms with Gasteiger partial charge < -0.3 is 5.73 Å². The van der Waals surface area contributed by atoms with Gasteiger partial charge in [0, 0.05) is 43.2 Å². The van der Waals surface area contributed by atoms with Crippen LogP contribution in [0.15, 0.2) is 65.8 Å². The average Bonchev–Trinajstić information content (AvgIpc) is 3.37. The van der Waals surface area contributed by atoms with Crippen LogP contribution in [0.3, 0.4) is 0 Å². The molecule has 3 aromatic heterocycles. The van der Waals surface area contributed by atoms with Crippen LogP contribution in [0.2, 0.25) is 0 Å². The highest BCUT2D eigenvalue weighted by Crippen LogP contribution is 2.37. The Bertz CT molecular complexity index is 1370. The van der Waals surface area contributed by atoms with Gasteiger partial charge in [0.2, 0.25) is 5.95 Å². The predicted octanol–water partition coefficient (Wildman–Crippen LogP) is 2.42. The zero-order valence-corrected chi connectivity index (χ0v) is 17.0. The number of hydrogen-bond acceptors (Lipinski definition) is 5. The molecule has 1 aromatic carbocycles. The lowest BCUT2D eigenvalue weighted by Gasteiger charge is -2.11. The van der Waals surface area contributed by atoms with E-state index in [1.807, 2.05) is 18.3 Å². The Labute approximate surface area is 179 Å². The standard InChI is InChI=1S/C24H20N6O/c1-29-21(11-16(12-22(29)31)7-8-17-13-26-24(25)27-14-17)30-15-19-9-10-20(23(19)28-30)18-5-3-2-4-6-18/h2-6,11-15,20H,9-10H2,1H3,(H2,25,26,27). The fourth-order valence-corrected chi connectivity index (χ4v) is 3.93. The van der Waals surface area contributed by atoms with E-state index < -0.39 is 0 Å². The molecule has 0 spiro atoms. The number of nitrogens with two attached hydrogens (primary N) is 1. The zero-order valence-electron chi connectivity index (χ0n) is 17.0. The minimum atomic E-state index is -0.148. The van der Waals surface area contributed by atoms with Crippen LogP contribution in [0.5, 0.6) is 0 Å². The number of anilines is 1. The maximum atomic E-state index is 12.6. The molecule has 1 aliphatic carbocycles. The summed E-state index contributed by atoms with van der Waals surface area (Å²) in [4.78, 5) is 20.4. The summed E-state index contributed by atoms with van der Waals surface area (Å²) in [5.41, 5.74) is 10.2. The number of nitrogens with zero attached hydrogens (tertiary/aromatic N) is 5. The van der Waals surface area contributed by atoms with E-state index >= 15 is 0 Å². The molecule has 0 radical (unpaired) electrons. The summed E-state index contributed by atoms with van der Waals surface area (Å²) < 4.78 is 3.37. The number of hydrogen-bond donors (Lipinski definition) is 1. The van der Waals surface area contributed by atoms with Gasteiger partial charge in [0.15, 0.2) is 0 Å². The van der Waals surface area contributed by atoms with Gasteiger partial charge in [0.05, 0.1) is 11.3 Å². The number of aromatic nitrogens is 5. The fourth-order valence-electron chi connectivity index (χ4n) is 3.93. The molecular formula is C24H20N6O. The Morgan fingerprint density at radius 2 is 1.81 bits per heavy atom. The van der Waals surface area contributed by atoms with E-state index in [4.69, 9.17) is 10.8 Å². The molecule has 0 saturated carbocycles. The van der Waals surface area contributed by atoms with Crippen molar-refractivity contribution in [3.63, 3.8) is 0 Å². The lowest BCUT2D eigenvalue weighted by atomic mass is 9.97. The van der Waals surface area contributed by atoms with Crippen LogP contribution < -0.4 is 11.3 Å². The Morgan fingerprint density at radius 1 is 1.06 bits per heavy atom. The van der Waals surface area contributed by atoms with E-state index in [0.717, 1.165) is 18.5 Å². The van der Waals surface area contributed by atoms with E-state index in [1.54, 1.807) is 28.7 Å². The highest BCUT2D eigenvalue weighted by molar-refractivity contribution is 5.45. The average molecular weight is 408 g/mol. The third kappa shape index (κ3) is 3.60. The lowest BCUT2D eigenvalue weighted by molar-refractivity contribution is 0.692. The minimum absolute atomic E-state index is 0.148. The van der Waals surface area contributed by atoms with Gasteiger partial charge in [-0.2, -0.15) is 5.10 Å². The second-order valence-corrected chi connectivity index (χ2v) is 7.57. The van der Waals surface area contributed by atoms with Crippen LogP contribution in [0.25, 0.3) is 5.82 Å². The molecule has 1 atom stereocenters. The van der Waals surface area contributed by atoms with Gasteiger partial charge in [0.25, 0.3) is 5.56 Å². The molecule has 1 unspecified atom stereocenters. The number of pyridine rings is 1. The zero-order chi connectivity index (χ0) is 21.4. The Morgan fingerprint density at radius 3 is 2.58 bits per heavy atom. The van der Waals surface area contributed by atoms with E-state index in [1.165, 1.54) is 17.2 Å². The van der Waals surface area contributed by atoms with Crippen molar-refractivity contribution in [1.82, 2.24) is 24.3 Å². The summed E-state index contributed by atoms with van der Waals surface area (Å²) in [6.45, 7) is 0. The first kappa shape index (κ1) is 18.8. The lowest BCUT2D eigenvalue weighted by Crippen LogP contribution is -2.21. The maximum Gasteiger partial charge on any atom is 0.253 e. The van der Waals surface area contributed by atoms with Gasteiger partial charge >= 0.3 is 0 Å². The first-order chi connectivity index (χ1) is 15.1. The van der Waals surface area contributed by atoms with Gasteiger partial charge in [-0.1, -0.05) is 42.2 Å². The molecule has 7 nitrogen and oxygen atoms in total. The molecule has 31 heavy (non-hydrogen) atoms. The second-order valence-electron chi connectivity index (χ2n) is 7.57. The van der Waals surface area contributed by atoms with Crippen molar-refractivity contribution >= 4 is 5.95 Å². The summed E-state index contributed by atoms with van der Waals surface area (Å²) in [5, 5.41) is 4.86. The summed E-state index contributed by atoms with van der Waals surface area (Å²) in [6.07, 6.45) is 7.16. The number of fused-ring (bicyclic) bond motifs is 1. The maximum absolute atomic E-state index is 12.6. The van der Waals surface area contributed by atoms with Gasteiger partial charge in [0.1, 0.15) is 5.82 Å². The van der Waals surface area contributed by atoms with Gasteiger partial charge in [-0.15, -0.1) is 0 Å². The predicted molar refractivity (Wildman–Crippen MR) is 118 cm³/mol. The van der Waals surface area contributed by atoms with E-state index in [0.29, 0.717) is 16.9 Å².